The molecule has 2 heterocycles. The monoisotopic (exact) mass is 425 g/mol. The Hall–Kier alpha value is -0.600. The molecule has 2 aliphatic heterocycles. The maximum Gasteiger partial charge on any atom is 0.236 e. The Kier molecular flexibility index (Phi) is 10.6. The van der Waals surface area contributed by atoms with E-state index in [0.29, 0.717) is 32.7 Å². The highest BCUT2D eigenvalue weighted by Crippen LogP contribution is 2.28. The van der Waals surface area contributed by atoms with Crippen molar-refractivity contribution in [2.45, 2.75) is 39.7 Å². The minimum atomic E-state index is -0.206. The van der Waals surface area contributed by atoms with Crippen molar-refractivity contribution in [3.8, 4) is 0 Å². The molecule has 1 atom stereocenters. The van der Waals surface area contributed by atoms with E-state index in [4.69, 9.17) is 5.73 Å². The van der Waals surface area contributed by atoms with Gasteiger partial charge in [-0.1, -0.05) is 6.92 Å². The number of carbonyl (C=O) groups is 2. The van der Waals surface area contributed by atoms with Gasteiger partial charge in [0.15, 0.2) is 0 Å². The Morgan fingerprint density at radius 3 is 2.07 bits per heavy atom. The van der Waals surface area contributed by atoms with Crippen LogP contribution < -0.4 is 11.1 Å². The van der Waals surface area contributed by atoms with E-state index in [-0.39, 0.29) is 47.6 Å². The first-order valence-electron chi connectivity index (χ1n) is 9.34. The van der Waals surface area contributed by atoms with Gasteiger partial charge in [0.05, 0.1) is 13.1 Å². The molecule has 2 fully saturated rings. The quantitative estimate of drug-likeness (QED) is 0.672. The third-order valence-corrected chi connectivity index (χ3v) is 5.10. The Balaban J connectivity index is 0.00000338. The minimum Gasteiger partial charge on any atom is -0.350 e. The van der Waals surface area contributed by atoms with Gasteiger partial charge in [-0.3, -0.25) is 19.4 Å². The highest BCUT2D eigenvalue weighted by atomic mass is 35.5. The molecule has 1 unspecified atom stereocenters. The Morgan fingerprint density at radius 2 is 1.59 bits per heavy atom. The van der Waals surface area contributed by atoms with Gasteiger partial charge in [-0.2, -0.15) is 0 Å². The lowest BCUT2D eigenvalue weighted by molar-refractivity contribution is -0.134. The van der Waals surface area contributed by atoms with Gasteiger partial charge in [0, 0.05) is 38.3 Å². The average Bonchev–Trinajstić information content (AvgIpc) is 2.88. The summed E-state index contributed by atoms with van der Waals surface area (Å²) in [6.45, 7) is 14.5. The topological polar surface area (TPSA) is 81.9 Å². The van der Waals surface area contributed by atoms with E-state index >= 15 is 0 Å². The SMILES string of the molecule is CC1(CN)CCN(CC(=O)N2CCN(CC(=O)NC(C)(C)C)CC2)C1.Cl.Cl. The molecule has 160 valence electrons. The van der Waals surface area contributed by atoms with Gasteiger partial charge < -0.3 is 16.0 Å². The molecular formula is C18H37Cl2N5O2. The molecule has 7 nitrogen and oxygen atoms in total. The van der Waals surface area contributed by atoms with Crippen molar-refractivity contribution >= 4 is 36.6 Å². The van der Waals surface area contributed by atoms with Gasteiger partial charge in [0.1, 0.15) is 0 Å². The second kappa shape index (κ2) is 10.8. The van der Waals surface area contributed by atoms with Crippen molar-refractivity contribution < 1.29 is 9.59 Å². The number of nitrogens with two attached hydrogens (primary N) is 1. The van der Waals surface area contributed by atoms with Crippen LogP contribution in [0.5, 0.6) is 0 Å². The third kappa shape index (κ3) is 8.52. The van der Waals surface area contributed by atoms with E-state index in [0.717, 1.165) is 32.6 Å². The summed E-state index contributed by atoms with van der Waals surface area (Å²) >= 11 is 0. The largest absolute Gasteiger partial charge is 0.350 e. The van der Waals surface area contributed by atoms with Gasteiger partial charge >= 0.3 is 0 Å². The van der Waals surface area contributed by atoms with Crippen LogP contribution in [0.2, 0.25) is 0 Å². The zero-order chi connectivity index (χ0) is 18.7. The molecule has 2 amide bonds. The summed E-state index contributed by atoms with van der Waals surface area (Å²) in [6, 6.07) is 0. The second-order valence-electron chi connectivity index (χ2n) is 8.93. The number of halogens is 2. The van der Waals surface area contributed by atoms with Gasteiger partial charge in [-0.05, 0) is 45.7 Å². The summed E-state index contributed by atoms with van der Waals surface area (Å²) in [5, 5.41) is 2.98. The molecule has 0 aliphatic carbocycles. The molecule has 27 heavy (non-hydrogen) atoms. The lowest BCUT2D eigenvalue weighted by atomic mass is 9.90. The highest BCUT2D eigenvalue weighted by molar-refractivity contribution is 5.85. The van der Waals surface area contributed by atoms with E-state index in [1.54, 1.807) is 0 Å². The van der Waals surface area contributed by atoms with Crippen LogP contribution in [-0.4, -0.2) is 91.0 Å². The van der Waals surface area contributed by atoms with Crippen LogP contribution in [0.25, 0.3) is 0 Å². The molecule has 0 saturated carbocycles. The number of likely N-dealkylation sites (tertiary alicyclic amines) is 1. The van der Waals surface area contributed by atoms with E-state index in [9.17, 15) is 9.59 Å². The molecule has 0 aromatic heterocycles. The molecule has 2 saturated heterocycles. The predicted octanol–water partition coefficient (Wildman–Crippen LogP) is 0.560. The van der Waals surface area contributed by atoms with Crippen LogP contribution in [0.4, 0.5) is 0 Å². The molecule has 2 aliphatic rings. The smallest absolute Gasteiger partial charge is 0.236 e. The number of amides is 2. The van der Waals surface area contributed by atoms with Crippen molar-refractivity contribution in [2.75, 3.05) is 58.9 Å². The first-order valence-corrected chi connectivity index (χ1v) is 9.34. The number of piperazine rings is 1. The van der Waals surface area contributed by atoms with Crippen molar-refractivity contribution in [2.24, 2.45) is 11.1 Å². The van der Waals surface area contributed by atoms with Gasteiger partial charge in [0.25, 0.3) is 0 Å². The number of nitrogens with zero attached hydrogens (tertiary/aromatic N) is 3. The third-order valence-electron chi connectivity index (χ3n) is 5.10. The zero-order valence-corrected chi connectivity index (χ0v) is 18.8. The summed E-state index contributed by atoms with van der Waals surface area (Å²) < 4.78 is 0. The van der Waals surface area contributed by atoms with Crippen LogP contribution in [0.3, 0.4) is 0 Å². The number of hydrogen-bond donors (Lipinski definition) is 2. The standard InChI is InChI=1S/C18H35N5O2.2ClH/c1-17(2,3)20-15(24)11-21-7-9-23(10-8-21)16(25)12-22-6-5-18(4,13-19)14-22;;/h5-14,19H2,1-4H3,(H,20,24);2*1H. The summed E-state index contributed by atoms with van der Waals surface area (Å²) in [5.74, 6) is 0.241. The molecule has 0 aromatic rings. The number of rotatable bonds is 5. The number of carbonyl (C=O) groups excluding carboxylic acids is 2. The van der Waals surface area contributed by atoms with E-state index in [1.807, 2.05) is 25.7 Å². The van der Waals surface area contributed by atoms with Crippen LogP contribution in [-0.2, 0) is 9.59 Å². The predicted molar refractivity (Wildman–Crippen MR) is 114 cm³/mol. The lowest BCUT2D eigenvalue weighted by Gasteiger charge is -2.35. The minimum absolute atomic E-state index is 0. The summed E-state index contributed by atoms with van der Waals surface area (Å²) in [5.41, 5.74) is 5.78. The first-order chi connectivity index (χ1) is 11.6. The molecule has 0 radical (unpaired) electrons. The van der Waals surface area contributed by atoms with Crippen LogP contribution in [0.15, 0.2) is 0 Å². The van der Waals surface area contributed by atoms with Gasteiger partial charge in [-0.25, -0.2) is 0 Å². The summed E-state index contributed by atoms with van der Waals surface area (Å²) in [7, 11) is 0. The molecule has 2 rings (SSSR count). The summed E-state index contributed by atoms with van der Waals surface area (Å²) in [6.07, 6.45) is 1.06. The molecule has 3 N–H and O–H groups in total. The van der Waals surface area contributed by atoms with Gasteiger partial charge in [-0.15, -0.1) is 24.8 Å². The van der Waals surface area contributed by atoms with E-state index < -0.39 is 0 Å². The van der Waals surface area contributed by atoms with E-state index in [2.05, 4.69) is 22.0 Å². The fraction of sp³-hybridized carbons (Fsp3) is 0.889. The normalized spacial score (nSPS) is 24.1. The van der Waals surface area contributed by atoms with E-state index in [1.165, 1.54) is 0 Å². The van der Waals surface area contributed by atoms with Crippen LogP contribution in [0.1, 0.15) is 34.1 Å². The number of hydrogen-bond acceptors (Lipinski definition) is 5. The molecule has 0 bridgehead atoms. The molecule has 0 spiro atoms. The maximum absolute atomic E-state index is 12.5. The Labute approximate surface area is 176 Å². The van der Waals surface area contributed by atoms with Crippen LogP contribution in [0, 0.1) is 5.41 Å². The van der Waals surface area contributed by atoms with Crippen molar-refractivity contribution in [3.63, 3.8) is 0 Å². The fourth-order valence-corrected chi connectivity index (χ4v) is 3.54. The molecular weight excluding hydrogens is 389 g/mol. The number of nitrogens with one attached hydrogen (secondary N) is 1. The van der Waals surface area contributed by atoms with Crippen molar-refractivity contribution in [1.82, 2.24) is 20.0 Å². The average molecular weight is 426 g/mol. The summed E-state index contributed by atoms with van der Waals surface area (Å²) in [4.78, 5) is 30.8. The van der Waals surface area contributed by atoms with Crippen LogP contribution >= 0.6 is 24.8 Å². The Bertz CT molecular complexity index is 493. The molecule has 9 heteroatoms. The van der Waals surface area contributed by atoms with Crippen molar-refractivity contribution in [1.29, 1.82) is 0 Å². The second-order valence-corrected chi connectivity index (χ2v) is 8.93. The molecule has 0 aromatic carbocycles. The van der Waals surface area contributed by atoms with Gasteiger partial charge in [0.2, 0.25) is 11.8 Å². The Morgan fingerprint density at radius 1 is 1.00 bits per heavy atom. The van der Waals surface area contributed by atoms with Crippen molar-refractivity contribution in [3.05, 3.63) is 0 Å². The maximum atomic E-state index is 12.5. The zero-order valence-electron chi connectivity index (χ0n) is 17.1. The highest BCUT2D eigenvalue weighted by Gasteiger charge is 2.34. The fourth-order valence-electron chi connectivity index (χ4n) is 3.54. The lowest BCUT2D eigenvalue weighted by Crippen LogP contribution is -2.54. The first kappa shape index (κ1) is 26.4.